The molecule has 0 saturated heterocycles. The fourth-order valence-corrected chi connectivity index (χ4v) is 6.99. The molecule has 1 aliphatic carbocycles. The molecular weight excluding hydrogens is 558 g/mol. The lowest BCUT2D eigenvalue weighted by atomic mass is 10.0. The van der Waals surface area contributed by atoms with Gasteiger partial charge in [0, 0.05) is 40.6 Å². The average molecular weight is 590 g/mol. The Balaban J connectivity index is 1.64. The molecule has 2 N–H and O–H groups in total. The van der Waals surface area contributed by atoms with E-state index in [1.807, 2.05) is 10.6 Å². The highest BCUT2D eigenvalue weighted by atomic mass is 32.2. The Bertz CT molecular complexity index is 1700. The van der Waals surface area contributed by atoms with E-state index in [4.69, 9.17) is 9.47 Å². The highest BCUT2D eigenvalue weighted by molar-refractivity contribution is 7.88. The molecule has 2 aliphatic rings. The third-order valence-corrected chi connectivity index (χ3v) is 9.38. The zero-order valence-electron chi connectivity index (χ0n) is 22.8. The number of alkyl carbamates (subject to hydrolysis) is 1. The number of carboxylic acids is 1. The van der Waals surface area contributed by atoms with Gasteiger partial charge < -0.3 is 24.5 Å². The minimum absolute atomic E-state index is 0.0546. The number of pyridine rings is 1. The number of nitrogens with one attached hydrogen (secondary N) is 1. The van der Waals surface area contributed by atoms with E-state index >= 15 is 0 Å². The number of benzene rings is 1. The predicted octanol–water partition coefficient (Wildman–Crippen LogP) is 4.11. The van der Waals surface area contributed by atoms with E-state index in [2.05, 4.69) is 5.32 Å². The molecule has 2 aromatic heterocycles. The van der Waals surface area contributed by atoms with Crippen molar-refractivity contribution in [2.75, 3.05) is 19.9 Å². The summed E-state index contributed by atoms with van der Waals surface area (Å²) in [6.45, 7) is 5.44. The molecule has 1 saturated carbocycles. The van der Waals surface area contributed by atoms with Gasteiger partial charge in [-0.3, -0.25) is 4.79 Å². The largest absolute Gasteiger partial charge is 0.494 e. The monoisotopic (exact) mass is 589 g/mol. The summed E-state index contributed by atoms with van der Waals surface area (Å²) in [4.78, 5) is 39.0. The van der Waals surface area contributed by atoms with Gasteiger partial charge in [-0.25, -0.2) is 18.0 Å². The summed E-state index contributed by atoms with van der Waals surface area (Å²) in [6.07, 6.45) is 3.58. The number of aromatic nitrogens is 1. The van der Waals surface area contributed by atoms with Gasteiger partial charge in [-0.15, -0.1) is 11.3 Å². The molecule has 1 aliphatic heterocycles. The molecule has 3 heterocycles. The predicted molar refractivity (Wildman–Crippen MR) is 151 cm³/mol. The maximum absolute atomic E-state index is 13.1. The van der Waals surface area contributed by atoms with Crippen molar-refractivity contribution in [1.82, 2.24) is 14.2 Å². The van der Waals surface area contributed by atoms with Gasteiger partial charge in [-0.05, 0) is 57.4 Å². The van der Waals surface area contributed by atoms with Crippen molar-refractivity contribution in [3.63, 3.8) is 0 Å². The molecule has 214 valence electrons. The van der Waals surface area contributed by atoms with Crippen molar-refractivity contribution >= 4 is 44.3 Å². The number of thiophene rings is 1. The Morgan fingerprint density at radius 2 is 1.90 bits per heavy atom. The van der Waals surface area contributed by atoms with Crippen LogP contribution in [-0.4, -0.2) is 60.0 Å². The number of hydrogen-bond acceptors (Lipinski definition) is 8. The van der Waals surface area contributed by atoms with Gasteiger partial charge >= 0.3 is 12.1 Å². The van der Waals surface area contributed by atoms with E-state index in [1.54, 1.807) is 32.9 Å². The van der Waals surface area contributed by atoms with Gasteiger partial charge in [-0.2, -0.15) is 4.31 Å². The first-order valence-corrected chi connectivity index (χ1v) is 15.4. The molecule has 1 fully saturated rings. The van der Waals surface area contributed by atoms with Crippen LogP contribution in [0.25, 0.3) is 21.3 Å². The number of carboxylic acid groups (broad SMARTS) is 1. The first-order valence-electron chi connectivity index (χ1n) is 12.7. The molecule has 3 aromatic rings. The minimum Gasteiger partial charge on any atom is -0.494 e. The number of hydrogen-bond donors (Lipinski definition) is 2. The van der Waals surface area contributed by atoms with Crippen LogP contribution in [0.5, 0.6) is 5.75 Å². The average Bonchev–Trinajstić information content (AvgIpc) is 3.59. The summed E-state index contributed by atoms with van der Waals surface area (Å²) in [5.74, 6) is -0.858. The van der Waals surface area contributed by atoms with Gasteiger partial charge in [0.05, 0.1) is 30.3 Å². The van der Waals surface area contributed by atoms with Crippen LogP contribution < -0.4 is 15.5 Å². The van der Waals surface area contributed by atoms with Gasteiger partial charge in [0.1, 0.15) is 11.2 Å². The number of fused-ring (bicyclic) bond motifs is 2. The maximum atomic E-state index is 13.1. The Hall–Kier alpha value is -3.42. The Morgan fingerprint density at radius 3 is 2.48 bits per heavy atom. The second-order valence-corrected chi connectivity index (χ2v) is 14.2. The van der Waals surface area contributed by atoms with E-state index in [-0.39, 0.29) is 30.1 Å². The topological polar surface area (TPSA) is 144 Å². The van der Waals surface area contributed by atoms with Crippen LogP contribution in [0.1, 0.15) is 66.5 Å². The first-order chi connectivity index (χ1) is 18.7. The summed E-state index contributed by atoms with van der Waals surface area (Å²) in [6, 6.07) is 4.62. The smallest absolute Gasteiger partial charge is 0.408 e. The Labute approximate surface area is 235 Å². The molecule has 40 heavy (non-hydrogen) atoms. The number of rotatable bonds is 6. The molecule has 0 radical (unpaired) electrons. The van der Waals surface area contributed by atoms with Crippen LogP contribution in [0.15, 0.2) is 29.2 Å². The van der Waals surface area contributed by atoms with E-state index in [0.717, 1.165) is 34.4 Å². The summed E-state index contributed by atoms with van der Waals surface area (Å²) in [7, 11) is -2.06. The molecule has 1 aromatic carbocycles. The third kappa shape index (κ3) is 5.32. The highest BCUT2D eigenvalue weighted by Crippen LogP contribution is 2.46. The molecular formula is C27H31N3O8S2. The normalized spacial score (nSPS) is 17.9. The molecule has 13 heteroatoms. The fourth-order valence-electron chi connectivity index (χ4n) is 4.96. The van der Waals surface area contributed by atoms with Gasteiger partial charge in [0.2, 0.25) is 15.5 Å². The number of aromatic carboxylic acids is 1. The maximum Gasteiger partial charge on any atom is 0.408 e. The van der Waals surface area contributed by atoms with Crippen LogP contribution in [0.4, 0.5) is 4.79 Å². The molecule has 0 spiro atoms. The Kier molecular flexibility index (Phi) is 6.95. The van der Waals surface area contributed by atoms with E-state index in [0.29, 0.717) is 16.8 Å². The lowest BCUT2D eigenvalue weighted by molar-refractivity contribution is 0.0494. The lowest BCUT2D eigenvalue weighted by Crippen LogP contribution is -2.44. The van der Waals surface area contributed by atoms with Crippen molar-refractivity contribution in [1.29, 1.82) is 0 Å². The number of amides is 1. The van der Waals surface area contributed by atoms with Crippen LogP contribution in [0.3, 0.4) is 0 Å². The summed E-state index contributed by atoms with van der Waals surface area (Å²) < 4.78 is 39.4. The van der Waals surface area contributed by atoms with Crippen molar-refractivity contribution in [3.8, 4) is 16.2 Å². The quantitative estimate of drug-likeness (QED) is 0.437. The van der Waals surface area contributed by atoms with Crippen LogP contribution >= 0.6 is 11.3 Å². The summed E-state index contributed by atoms with van der Waals surface area (Å²) in [5.41, 5.74) is 0.325. The molecule has 1 amide bonds. The van der Waals surface area contributed by atoms with E-state index in [1.165, 1.54) is 28.9 Å². The van der Waals surface area contributed by atoms with Crippen LogP contribution in [0.2, 0.25) is 0 Å². The number of carbonyl (C=O) groups excluding carboxylic acids is 1. The minimum atomic E-state index is -3.56. The number of sulfonamides is 1. The number of nitrogens with zero attached hydrogens (tertiary/aromatic N) is 2. The molecule has 1 unspecified atom stereocenters. The highest BCUT2D eigenvalue weighted by Gasteiger charge is 2.35. The SMILES string of the molecule is COc1c(-c2cc3c(s2)C(NC(=O)OC(C)(C)C)CN(S(C)(=O)=O)C3)ccc2c(=O)c(C(=O)O)cn(C3CC3)c12. The molecule has 11 nitrogen and oxygen atoms in total. The van der Waals surface area contributed by atoms with Crippen LogP contribution in [-0.2, 0) is 21.3 Å². The lowest BCUT2D eigenvalue weighted by Gasteiger charge is -2.32. The van der Waals surface area contributed by atoms with Crippen molar-refractivity contribution in [2.45, 2.75) is 57.8 Å². The summed E-state index contributed by atoms with van der Waals surface area (Å²) >= 11 is 1.40. The molecule has 0 bridgehead atoms. The number of methoxy groups -OCH3 is 1. The number of carbonyl (C=O) groups is 2. The van der Waals surface area contributed by atoms with Gasteiger partial charge in [-0.1, -0.05) is 0 Å². The second kappa shape index (κ2) is 9.89. The second-order valence-electron chi connectivity index (χ2n) is 11.1. The van der Waals surface area contributed by atoms with Crippen LogP contribution in [0, 0.1) is 0 Å². The molecule has 5 rings (SSSR count). The third-order valence-electron chi connectivity index (χ3n) is 6.84. The fraction of sp³-hybridized carbons (Fsp3) is 0.444. The number of ether oxygens (including phenoxy) is 2. The Morgan fingerprint density at radius 1 is 1.20 bits per heavy atom. The van der Waals surface area contributed by atoms with Gasteiger partial charge in [0.25, 0.3) is 0 Å². The zero-order chi connectivity index (χ0) is 29.1. The summed E-state index contributed by atoms with van der Waals surface area (Å²) in [5, 5.41) is 12.7. The van der Waals surface area contributed by atoms with Crippen molar-refractivity contribution in [3.05, 3.63) is 50.6 Å². The van der Waals surface area contributed by atoms with E-state index in [9.17, 15) is 27.9 Å². The van der Waals surface area contributed by atoms with E-state index < -0.39 is 39.2 Å². The van der Waals surface area contributed by atoms with Crippen molar-refractivity contribution in [2.24, 2.45) is 0 Å². The van der Waals surface area contributed by atoms with Crippen molar-refractivity contribution < 1.29 is 32.6 Å². The first kappa shape index (κ1) is 28.1. The van der Waals surface area contributed by atoms with Gasteiger partial charge in [0.15, 0.2) is 5.75 Å². The molecule has 1 atom stereocenters. The standard InChI is InChI=1S/C27H31N3O8S2/c1-27(2,3)38-26(34)28-19-13-29(40(5,35)36)11-14-10-20(39-24(14)19)16-8-9-17-21(23(16)37-4)30(15-6-7-15)12-18(22(17)31)25(32)33/h8-10,12,15,19H,6-7,11,13H2,1-5H3,(H,28,34)(H,32,33). The zero-order valence-corrected chi connectivity index (χ0v) is 24.4.